The van der Waals surface area contributed by atoms with Crippen molar-refractivity contribution in [3.63, 3.8) is 0 Å². The minimum atomic E-state index is 0.997. The van der Waals surface area contributed by atoms with Crippen LogP contribution in [0.2, 0.25) is 0 Å². The largest absolute Gasteiger partial charge is 0.354 e. The first-order valence-corrected chi connectivity index (χ1v) is 6.12. The molecule has 5 heteroatoms. The molecule has 1 aliphatic rings. The van der Waals surface area contributed by atoms with Crippen molar-refractivity contribution < 1.29 is 0 Å². The van der Waals surface area contributed by atoms with E-state index in [9.17, 15) is 0 Å². The fourth-order valence-corrected chi connectivity index (χ4v) is 1.99. The van der Waals surface area contributed by atoms with Gasteiger partial charge in [-0.15, -0.1) is 0 Å². The summed E-state index contributed by atoms with van der Waals surface area (Å²) in [5.41, 5.74) is 0. The highest BCUT2D eigenvalue weighted by molar-refractivity contribution is 9.13. The third kappa shape index (κ3) is 2.27. The predicted molar refractivity (Wildman–Crippen MR) is 64.7 cm³/mol. The van der Waals surface area contributed by atoms with Gasteiger partial charge in [0, 0.05) is 36.8 Å². The minimum Gasteiger partial charge on any atom is -0.354 e. The summed E-state index contributed by atoms with van der Waals surface area (Å²) in [4.78, 5) is 6.67. The molecule has 0 aliphatic carbocycles. The lowest BCUT2D eigenvalue weighted by atomic mass is 10.3. The fraction of sp³-hybridized carbons (Fsp3) is 0.444. The molecule has 0 spiro atoms. The number of aromatic nitrogens is 1. The Balaban J connectivity index is 2.18. The van der Waals surface area contributed by atoms with Crippen LogP contribution in [0.4, 0.5) is 5.82 Å². The summed E-state index contributed by atoms with van der Waals surface area (Å²) in [7, 11) is 0. The van der Waals surface area contributed by atoms with Crippen molar-refractivity contribution in [2.24, 2.45) is 0 Å². The first-order valence-electron chi connectivity index (χ1n) is 4.54. The fourth-order valence-electron chi connectivity index (χ4n) is 1.47. The SMILES string of the molecule is Brc1cnc(N2CCNCC2)cc1Br. The molecule has 0 amide bonds. The highest BCUT2D eigenvalue weighted by atomic mass is 79.9. The summed E-state index contributed by atoms with van der Waals surface area (Å²) in [6, 6.07) is 2.05. The molecule has 1 fully saturated rings. The lowest BCUT2D eigenvalue weighted by Gasteiger charge is -2.28. The van der Waals surface area contributed by atoms with E-state index in [1.807, 2.05) is 6.20 Å². The van der Waals surface area contributed by atoms with E-state index in [1.165, 1.54) is 0 Å². The van der Waals surface area contributed by atoms with Crippen molar-refractivity contribution in [3.8, 4) is 0 Å². The molecule has 1 saturated heterocycles. The number of nitrogens with zero attached hydrogens (tertiary/aromatic N) is 2. The van der Waals surface area contributed by atoms with Crippen LogP contribution >= 0.6 is 31.9 Å². The molecule has 0 radical (unpaired) electrons. The average Bonchev–Trinajstić information content (AvgIpc) is 2.23. The van der Waals surface area contributed by atoms with Crippen LogP contribution in [0.1, 0.15) is 0 Å². The van der Waals surface area contributed by atoms with Gasteiger partial charge < -0.3 is 10.2 Å². The van der Waals surface area contributed by atoms with Crippen LogP contribution in [-0.2, 0) is 0 Å². The zero-order valence-electron chi connectivity index (χ0n) is 7.63. The van der Waals surface area contributed by atoms with Gasteiger partial charge in [0.25, 0.3) is 0 Å². The Bertz CT molecular complexity index is 324. The number of halogens is 2. The van der Waals surface area contributed by atoms with Gasteiger partial charge in [0.15, 0.2) is 0 Å². The number of rotatable bonds is 1. The van der Waals surface area contributed by atoms with Gasteiger partial charge in [-0.3, -0.25) is 0 Å². The second-order valence-corrected chi connectivity index (χ2v) is 4.90. The van der Waals surface area contributed by atoms with Crippen molar-refractivity contribution in [2.75, 3.05) is 31.1 Å². The van der Waals surface area contributed by atoms with Gasteiger partial charge in [-0.1, -0.05) is 0 Å². The number of piperazine rings is 1. The van der Waals surface area contributed by atoms with E-state index in [0.717, 1.165) is 40.9 Å². The third-order valence-electron chi connectivity index (χ3n) is 2.24. The molecule has 3 nitrogen and oxygen atoms in total. The van der Waals surface area contributed by atoms with Crippen LogP contribution in [0.3, 0.4) is 0 Å². The van der Waals surface area contributed by atoms with Crippen LogP contribution in [0.15, 0.2) is 21.2 Å². The van der Waals surface area contributed by atoms with Gasteiger partial charge in [0.1, 0.15) is 5.82 Å². The van der Waals surface area contributed by atoms with Gasteiger partial charge in [-0.25, -0.2) is 4.98 Å². The minimum absolute atomic E-state index is 0.997. The highest BCUT2D eigenvalue weighted by Gasteiger charge is 2.12. The van der Waals surface area contributed by atoms with E-state index in [4.69, 9.17) is 0 Å². The molecule has 0 bridgehead atoms. The molecule has 0 saturated carbocycles. The molecular weight excluding hydrogens is 310 g/mol. The molecule has 2 rings (SSSR count). The molecule has 1 N–H and O–H groups in total. The Morgan fingerprint density at radius 3 is 2.57 bits per heavy atom. The van der Waals surface area contributed by atoms with E-state index in [-0.39, 0.29) is 0 Å². The predicted octanol–water partition coefficient (Wildman–Crippen LogP) is 2.02. The Labute approximate surface area is 100 Å². The zero-order valence-corrected chi connectivity index (χ0v) is 10.8. The Morgan fingerprint density at radius 1 is 1.21 bits per heavy atom. The molecule has 0 unspecified atom stereocenters. The smallest absolute Gasteiger partial charge is 0.129 e. The maximum atomic E-state index is 4.38. The first kappa shape index (κ1) is 10.4. The summed E-state index contributed by atoms with van der Waals surface area (Å²) < 4.78 is 2.05. The number of hydrogen-bond donors (Lipinski definition) is 1. The molecule has 1 aliphatic heterocycles. The summed E-state index contributed by atoms with van der Waals surface area (Å²) in [6.07, 6.45) is 1.83. The molecule has 2 heterocycles. The molecule has 0 atom stereocenters. The van der Waals surface area contributed by atoms with Gasteiger partial charge in [-0.05, 0) is 37.9 Å². The van der Waals surface area contributed by atoms with Gasteiger partial charge >= 0.3 is 0 Å². The van der Waals surface area contributed by atoms with Crippen molar-refractivity contribution in [1.29, 1.82) is 0 Å². The molecule has 14 heavy (non-hydrogen) atoms. The Kier molecular flexibility index (Phi) is 3.41. The summed E-state index contributed by atoms with van der Waals surface area (Å²) in [5, 5.41) is 3.32. The van der Waals surface area contributed by atoms with E-state index in [2.05, 4.69) is 53.1 Å². The molecule has 1 aromatic rings. The van der Waals surface area contributed by atoms with Crippen LogP contribution in [-0.4, -0.2) is 31.2 Å². The second-order valence-electron chi connectivity index (χ2n) is 3.19. The molecule has 0 aromatic carbocycles. The summed E-state index contributed by atoms with van der Waals surface area (Å²) in [6.45, 7) is 4.13. The first-order chi connectivity index (χ1) is 6.77. The van der Waals surface area contributed by atoms with Gasteiger partial charge in [0.05, 0.1) is 4.47 Å². The third-order valence-corrected chi connectivity index (χ3v) is 4.06. The second kappa shape index (κ2) is 4.59. The summed E-state index contributed by atoms with van der Waals surface area (Å²) in [5.74, 6) is 1.04. The summed E-state index contributed by atoms with van der Waals surface area (Å²) >= 11 is 6.90. The molecular formula is C9H11Br2N3. The van der Waals surface area contributed by atoms with Crippen molar-refractivity contribution >= 4 is 37.7 Å². The average molecular weight is 321 g/mol. The van der Waals surface area contributed by atoms with Gasteiger partial charge in [0.2, 0.25) is 0 Å². The molecule has 1 aromatic heterocycles. The van der Waals surface area contributed by atoms with E-state index in [0.29, 0.717) is 0 Å². The van der Waals surface area contributed by atoms with E-state index < -0.39 is 0 Å². The zero-order chi connectivity index (χ0) is 9.97. The number of hydrogen-bond acceptors (Lipinski definition) is 3. The number of pyridine rings is 1. The van der Waals surface area contributed by atoms with E-state index in [1.54, 1.807) is 0 Å². The maximum absolute atomic E-state index is 4.38. The van der Waals surface area contributed by atoms with Crippen molar-refractivity contribution in [3.05, 3.63) is 21.2 Å². The monoisotopic (exact) mass is 319 g/mol. The molecule has 76 valence electrons. The van der Waals surface area contributed by atoms with Crippen LogP contribution in [0, 0.1) is 0 Å². The van der Waals surface area contributed by atoms with E-state index >= 15 is 0 Å². The quantitative estimate of drug-likeness (QED) is 0.858. The Hall–Kier alpha value is -0.130. The van der Waals surface area contributed by atoms with Crippen molar-refractivity contribution in [2.45, 2.75) is 0 Å². The normalized spacial score (nSPS) is 17.1. The highest BCUT2D eigenvalue weighted by Crippen LogP contribution is 2.25. The van der Waals surface area contributed by atoms with Crippen LogP contribution < -0.4 is 10.2 Å². The van der Waals surface area contributed by atoms with Crippen LogP contribution in [0.25, 0.3) is 0 Å². The lowest BCUT2D eigenvalue weighted by Crippen LogP contribution is -2.43. The number of nitrogens with one attached hydrogen (secondary N) is 1. The lowest BCUT2D eigenvalue weighted by molar-refractivity contribution is 0.585. The maximum Gasteiger partial charge on any atom is 0.129 e. The standard InChI is InChI=1S/C9H11Br2N3/c10-7-5-9(13-6-8(7)11)14-3-1-12-2-4-14/h5-6,12H,1-4H2. The number of anilines is 1. The topological polar surface area (TPSA) is 28.2 Å². The van der Waals surface area contributed by atoms with Gasteiger partial charge in [-0.2, -0.15) is 0 Å². The van der Waals surface area contributed by atoms with Crippen molar-refractivity contribution in [1.82, 2.24) is 10.3 Å². The Morgan fingerprint density at radius 2 is 1.93 bits per heavy atom. The van der Waals surface area contributed by atoms with Crippen LogP contribution in [0.5, 0.6) is 0 Å².